The van der Waals surface area contributed by atoms with Crippen LogP contribution in [0.1, 0.15) is 19.3 Å². The molecule has 0 saturated heterocycles. The minimum Gasteiger partial charge on any atom is -0.465 e. The van der Waals surface area contributed by atoms with Crippen LogP contribution in [-0.4, -0.2) is 48.6 Å². The van der Waals surface area contributed by atoms with Crippen LogP contribution in [-0.2, 0) is 19.1 Å². The number of hydrogen-bond acceptors (Lipinski definition) is 6. The Morgan fingerprint density at radius 1 is 1.16 bits per heavy atom. The predicted molar refractivity (Wildman–Crippen MR) is 66.1 cm³/mol. The summed E-state index contributed by atoms with van der Waals surface area (Å²) in [5.74, 6) is -1.52. The summed E-state index contributed by atoms with van der Waals surface area (Å²) in [6, 6.07) is 0. The first-order chi connectivity index (χ1) is 9.13. The topological polar surface area (TPSA) is 93.1 Å². The Hall–Kier alpha value is -1.40. The van der Waals surface area contributed by atoms with E-state index in [2.05, 4.69) is 6.58 Å². The third-order valence-corrected chi connectivity index (χ3v) is 3.10. The Labute approximate surface area is 112 Å². The molecule has 6 nitrogen and oxygen atoms in total. The molecule has 1 fully saturated rings. The zero-order valence-electron chi connectivity index (χ0n) is 10.8. The van der Waals surface area contributed by atoms with Crippen molar-refractivity contribution in [2.75, 3.05) is 26.4 Å². The first-order valence-corrected chi connectivity index (χ1v) is 6.32. The Morgan fingerprint density at radius 3 is 1.95 bits per heavy atom. The van der Waals surface area contributed by atoms with Gasteiger partial charge in [-0.15, -0.1) is 6.58 Å². The molecule has 6 heteroatoms. The molecule has 1 unspecified atom stereocenters. The van der Waals surface area contributed by atoms with Crippen LogP contribution in [0.5, 0.6) is 0 Å². The van der Waals surface area contributed by atoms with E-state index in [9.17, 15) is 9.59 Å². The van der Waals surface area contributed by atoms with Gasteiger partial charge in [-0.25, -0.2) is 0 Å². The van der Waals surface area contributed by atoms with E-state index in [4.69, 9.17) is 19.7 Å². The van der Waals surface area contributed by atoms with E-state index in [0.29, 0.717) is 19.3 Å². The molecule has 0 aromatic carbocycles. The summed E-state index contributed by atoms with van der Waals surface area (Å²) in [5.41, 5.74) is -1.27. The van der Waals surface area contributed by atoms with E-state index >= 15 is 0 Å². The Balaban J connectivity index is 2.57. The van der Waals surface area contributed by atoms with Crippen LogP contribution in [0.3, 0.4) is 0 Å². The van der Waals surface area contributed by atoms with Crippen LogP contribution in [0.15, 0.2) is 12.7 Å². The Kier molecular flexibility index (Phi) is 5.98. The van der Waals surface area contributed by atoms with Gasteiger partial charge in [-0.05, 0) is 6.42 Å². The van der Waals surface area contributed by atoms with Crippen molar-refractivity contribution in [3.05, 3.63) is 12.7 Å². The molecule has 0 aliphatic heterocycles. The fraction of sp³-hybridized carbons (Fsp3) is 0.692. The largest absolute Gasteiger partial charge is 0.465 e. The highest BCUT2D eigenvalue weighted by molar-refractivity contribution is 6.04. The number of aliphatic hydroxyl groups is 2. The monoisotopic (exact) mass is 272 g/mol. The van der Waals surface area contributed by atoms with Crippen LogP contribution < -0.4 is 0 Å². The molecule has 1 atom stereocenters. The third kappa shape index (κ3) is 3.54. The zero-order valence-corrected chi connectivity index (χ0v) is 10.8. The van der Waals surface area contributed by atoms with Gasteiger partial charge in [-0.2, -0.15) is 0 Å². The molecule has 0 bridgehead atoms. The highest BCUT2D eigenvalue weighted by Crippen LogP contribution is 2.55. The molecule has 0 spiro atoms. The normalized spacial score (nSPS) is 19.6. The van der Waals surface area contributed by atoms with Crippen molar-refractivity contribution in [2.45, 2.75) is 19.3 Å². The van der Waals surface area contributed by atoms with Gasteiger partial charge >= 0.3 is 11.9 Å². The lowest BCUT2D eigenvalue weighted by atomic mass is 10.0. The molecule has 1 aliphatic carbocycles. The minimum atomic E-state index is -1.27. The van der Waals surface area contributed by atoms with Crippen LogP contribution >= 0.6 is 0 Å². The first-order valence-electron chi connectivity index (χ1n) is 6.32. The van der Waals surface area contributed by atoms with Crippen molar-refractivity contribution >= 4 is 11.9 Å². The van der Waals surface area contributed by atoms with Gasteiger partial charge in [-0.1, -0.05) is 6.08 Å². The average Bonchev–Trinajstić information content (AvgIpc) is 3.15. The summed E-state index contributed by atoms with van der Waals surface area (Å²) in [6.07, 6.45) is 2.55. The number of rotatable bonds is 9. The minimum absolute atomic E-state index is 0.0743. The lowest BCUT2D eigenvalue weighted by Gasteiger charge is -2.14. The van der Waals surface area contributed by atoms with E-state index in [0.717, 1.165) is 0 Å². The van der Waals surface area contributed by atoms with E-state index in [-0.39, 0.29) is 32.3 Å². The molecule has 0 aromatic heterocycles. The highest BCUT2D eigenvalue weighted by Gasteiger charge is 2.67. The Morgan fingerprint density at radius 2 is 1.63 bits per heavy atom. The second kappa shape index (κ2) is 7.25. The summed E-state index contributed by atoms with van der Waals surface area (Å²) < 4.78 is 9.94. The predicted octanol–water partition coefficient (Wildman–Crippen LogP) is 0.0299. The summed E-state index contributed by atoms with van der Waals surface area (Å²) >= 11 is 0. The van der Waals surface area contributed by atoms with Gasteiger partial charge < -0.3 is 19.7 Å². The van der Waals surface area contributed by atoms with Crippen LogP contribution in [0.4, 0.5) is 0 Å². The smallest absolute Gasteiger partial charge is 0.324 e. The number of carbonyl (C=O) groups is 2. The standard InChI is InChI=1S/C13H20O6/c1-2-10-9-13(10,11(16)18-7-3-5-14)12(17)19-8-4-6-15/h2,10,14-15H,1,3-9H2. The quantitative estimate of drug-likeness (QED) is 0.266. The summed E-state index contributed by atoms with van der Waals surface area (Å²) in [6.45, 7) is 3.57. The van der Waals surface area contributed by atoms with Gasteiger partial charge in [0.05, 0.1) is 13.2 Å². The van der Waals surface area contributed by atoms with Crippen molar-refractivity contribution in [2.24, 2.45) is 11.3 Å². The van der Waals surface area contributed by atoms with Crippen molar-refractivity contribution in [1.29, 1.82) is 0 Å². The molecular formula is C13H20O6. The van der Waals surface area contributed by atoms with E-state index in [1.165, 1.54) is 0 Å². The van der Waals surface area contributed by atoms with Crippen molar-refractivity contribution in [3.63, 3.8) is 0 Å². The van der Waals surface area contributed by atoms with Gasteiger partial charge in [-0.3, -0.25) is 9.59 Å². The SMILES string of the molecule is C=CC1CC1(C(=O)OCCCO)C(=O)OCCCO. The molecule has 2 N–H and O–H groups in total. The maximum Gasteiger partial charge on any atom is 0.324 e. The van der Waals surface area contributed by atoms with Gasteiger partial charge in [0.2, 0.25) is 0 Å². The zero-order chi connectivity index (χ0) is 14.3. The number of carbonyl (C=O) groups excluding carboxylic acids is 2. The van der Waals surface area contributed by atoms with E-state index < -0.39 is 17.4 Å². The van der Waals surface area contributed by atoms with Crippen LogP contribution in [0.25, 0.3) is 0 Å². The second-order valence-corrected chi connectivity index (χ2v) is 4.44. The average molecular weight is 272 g/mol. The number of hydrogen-bond donors (Lipinski definition) is 2. The molecule has 1 aliphatic rings. The fourth-order valence-electron chi connectivity index (χ4n) is 1.84. The number of aliphatic hydroxyl groups excluding tert-OH is 2. The number of ether oxygens (including phenoxy) is 2. The molecule has 108 valence electrons. The van der Waals surface area contributed by atoms with Crippen LogP contribution in [0.2, 0.25) is 0 Å². The fourth-order valence-corrected chi connectivity index (χ4v) is 1.84. The van der Waals surface area contributed by atoms with E-state index in [1.807, 2.05) is 0 Å². The molecule has 0 heterocycles. The molecule has 19 heavy (non-hydrogen) atoms. The van der Waals surface area contributed by atoms with Gasteiger partial charge in [0.1, 0.15) is 0 Å². The summed E-state index contributed by atoms with van der Waals surface area (Å²) in [7, 11) is 0. The van der Waals surface area contributed by atoms with Crippen molar-refractivity contribution in [3.8, 4) is 0 Å². The molecule has 0 amide bonds. The van der Waals surface area contributed by atoms with Crippen molar-refractivity contribution in [1.82, 2.24) is 0 Å². The lowest BCUT2D eigenvalue weighted by molar-refractivity contribution is -0.165. The first kappa shape index (κ1) is 15.7. The second-order valence-electron chi connectivity index (χ2n) is 4.44. The molecule has 0 radical (unpaired) electrons. The maximum atomic E-state index is 11.9. The number of allylic oxidation sites excluding steroid dienone is 1. The van der Waals surface area contributed by atoms with E-state index in [1.54, 1.807) is 6.08 Å². The Bertz CT molecular complexity index is 316. The molecule has 1 rings (SSSR count). The number of esters is 2. The maximum absolute atomic E-state index is 11.9. The molecule has 1 saturated carbocycles. The molecular weight excluding hydrogens is 252 g/mol. The van der Waals surface area contributed by atoms with Gasteiger partial charge in [0, 0.05) is 32.0 Å². The van der Waals surface area contributed by atoms with Gasteiger partial charge in [0.15, 0.2) is 5.41 Å². The molecule has 0 aromatic rings. The highest BCUT2D eigenvalue weighted by atomic mass is 16.6. The summed E-state index contributed by atoms with van der Waals surface area (Å²) in [4.78, 5) is 23.9. The van der Waals surface area contributed by atoms with Crippen LogP contribution in [0, 0.1) is 11.3 Å². The summed E-state index contributed by atoms with van der Waals surface area (Å²) in [5, 5.41) is 17.3. The van der Waals surface area contributed by atoms with Crippen molar-refractivity contribution < 1.29 is 29.3 Å². The third-order valence-electron chi connectivity index (χ3n) is 3.10. The lowest BCUT2D eigenvalue weighted by Crippen LogP contribution is -2.32. The van der Waals surface area contributed by atoms with Gasteiger partial charge in [0.25, 0.3) is 0 Å².